The summed E-state index contributed by atoms with van der Waals surface area (Å²) in [4.78, 5) is 9.25. The molecule has 0 bridgehead atoms. The Morgan fingerprint density at radius 1 is 1.17 bits per heavy atom. The normalized spacial score (nSPS) is 16.6. The molecule has 1 aromatic heterocycles. The van der Waals surface area contributed by atoms with Crippen molar-refractivity contribution in [2.24, 2.45) is 10.9 Å². The number of anilines is 2. The fraction of sp³-hybridized carbons (Fsp3) is 0.286. The van der Waals surface area contributed by atoms with Gasteiger partial charge in [0, 0.05) is 48.2 Å². The lowest BCUT2D eigenvalue weighted by molar-refractivity contribution is 0.122. The third kappa shape index (κ3) is 4.99. The minimum atomic E-state index is 0.406. The number of amidine groups is 1. The second kappa shape index (κ2) is 10.3. The third-order valence-electron chi connectivity index (χ3n) is 6.24. The van der Waals surface area contributed by atoms with E-state index < -0.39 is 0 Å². The van der Waals surface area contributed by atoms with Crippen LogP contribution in [0.5, 0.6) is 5.75 Å². The van der Waals surface area contributed by atoms with Crippen molar-refractivity contribution in [1.29, 1.82) is 0 Å². The van der Waals surface area contributed by atoms with Crippen LogP contribution >= 0.6 is 0 Å². The van der Waals surface area contributed by atoms with Crippen LogP contribution < -0.4 is 15.0 Å². The van der Waals surface area contributed by atoms with Gasteiger partial charge in [0.2, 0.25) is 0 Å². The molecule has 0 amide bonds. The molecule has 186 valence electrons. The summed E-state index contributed by atoms with van der Waals surface area (Å²) < 4.78 is 11.2. The second-order valence-electron chi connectivity index (χ2n) is 9.20. The lowest BCUT2D eigenvalue weighted by atomic mass is 10.1. The van der Waals surface area contributed by atoms with E-state index in [2.05, 4.69) is 65.1 Å². The number of aromatic nitrogens is 2. The zero-order valence-electron chi connectivity index (χ0n) is 21.0. The lowest BCUT2D eigenvalue weighted by Crippen LogP contribution is -2.36. The van der Waals surface area contributed by atoms with Crippen LogP contribution in [-0.4, -0.2) is 54.3 Å². The van der Waals surface area contributed by atoms with Crippen molar-refractivity contribution in [2.75, 3.05) is 43.6 Å². The molecule has 0 radical (unpaired) electrons. The molecule has 5 rings (SSSR count). The zero-order valence-corrected chi connectivity index (χ0v) is 21.0. The number of rotatable bonds is 6. The van der Waals surface area contributed by atoms with Gasteiger partial charge in [-0.05, 0) is 24.1 Å². The predicted octanol–water partition coefficient (Wildman–Crippen LogP) is 5.22. The molecule has 0 atom stereocenters. The molecule has 8 heteroatoms. The first-order chi connectivity index (χ1) is 17.5. The smallest absolute Gasteiger partial charge is 0.154 e. The van der Waals surface area contributed by atoms with Crippen LogP contribution in [0.2, 0.25) is 0 Å². The Hall–Kier alpha value is -4.04. The van der Waals surface area contributed by atoms with E-state index in [4.69, 9.17) is 14.5 Å². The van der Waals surface area contributed by atoms with Gasteiger partial charge >= 0.3 is 0 Å². The summed E-state index contributed by atoms with van der Waals surface area (Å²) in [5.41, 5.74) is 5.48. The molecule has 2 aliphatic heterocycles. The SMILES string of the molecule is C=C1C(Nc2ccc(N3CCOCC3)c(OC)c2)=NC(c2ccc3cn[nH]c3c2)=CN1/C=C\C(C)C. The first kappa shape index (κ1) is 23.7. The molecule has 0 spiro atoms. The lowest BCUT2D eigenvalue weighted by Gasteiger charge is -2.30. The van der Waals surface area contributed by atoms with Crippen molar-refractivity contribution < 1.29 is 9.47 Å². The van der Waals surface area contributed by atoms with Gasteiger partial charge in [-0.25, -0.2) is 4.99 Å². The molecular weight excluding hydrogens is 452 g/mol. The van der Waals surface area contributed by atoms with Gasteiger partial charge in [0.1, 0.15) is 5.75 Å². The van der Waals surface area contributed by atoms with Crippen LogP contribution in [0.4, 0.5) is 11.4 Å². The molecule has 3 heterocycles. The van der Waals surface area contributed by atoms with Gasteiger partial charge in [0.15, 0.2) is 5.84 Å². The summed E-state index contributed by atoms with van der Waals surface area (Å²) in [5.74, 6) is 1.89. The number of aliphatic imine (C=N–C) groups is 1. The number of methoxy groups -OCH3 is 1. The number of hydrogen-bond donors (Lipinski definition) is 2. The van der Waals surface area contributed by atoms with Crippen LogP contribution in [-0.2, 0) is 4.74 Å². The van der Waals surface area contributed by atoms with Crippen molar-refractivity contribution in [2.45, 2.75) is 13.8 Å². The van der Waals surface area contributed by atoms with Gasteiger partial charge < -0.3 is 24.6 Å². The summed E-state index contributed by atoms with van der Waals surface area (Å²) in [6, 6.07) is 12.3. The average Bonchev–Trinajstić information content (AvgIpc) is 3.37. The number of fused-ring (bicyclic) bond motifs is 1. The number of allylic oxidation sites excluding steroid dienone is 1. The van der Waals surface area contributed by atoms with Gasteiger partial charge in [-0.1, -0.05) is 38.6 Å². The summed E-state index contributed by atoms with van der Waals surface area (Å²) >= 11 is 0. The molecule has 1 saturated heterocycles. The molecule has 1 fully saturated rings. The fourth-order valence-electron chi connectivity index (χ4n) is 4.24. The Bertz CT molecular complexity index is 1350. The highest BCUT2D eigenvalue weighted by Gasteiger charge is 2.21. The van der Waals surface area contributed by atoms with E-state index in [0.29, 0.717) is 11.8 Å². The van der Waals surface area contributed by atoms with Crippen LogP contribution in [0.1, 0.15) is 19.4 Å². The highest BCUT2D eigenvalue weighted by atomic mass is 16.5. The molecule has 2 aliphatic rings. The van der Waals surface area contributed by atoms with E-state index >= 15 is 0 Å². The molecule has 0 aliphatic carbocycles. The highest BCUT2D eigenvalue weighted by Crippen LogP contribution is 2.33. The standard InChI is InChI=1S/C28H32N6O2/c1-19(2)9-10-34-18-25(21-5-6-22-17-29-32-24(22)15-21)31-28(20(34)3)30-23-7-8-26(27(16-23)35-4)33-11-13-36-14-12-33/h5-10,15-19H,3,11-14H2,1-2,4H3,(H,29,32)(H,30,31)/b10-9-. The second-order valence-corrected chi connectivity index (χ2v) is 9.20. The fourth-order valence-corrected chi connectivity index (χ4v) is 4.24. The predicted molar refractivity (Wildman–Crippen MR) is 146 cm³/mol. The molecule has 0 saturated carbocycles. The van der Waals surface area contributed by atoms with Crippen molar-refractivity contribution in [1.82, 2.24) is 15.1 Å². The van der Waals surface area contributed by atoms with Gasteiger partial charge in [-0.15, -0.1) is 0 Å². The monoisotopic (exact) mass is 484 g/mol. The minimum Gasteiger partial charge on any atom is -0.495 e. The van der Waals surface area contributed by atoms with Crippen LogP contribution in [0, 0.1) is 5.92 Å². The maximum Gasteiger partial charge on any atom is 0.154 e. The molecule has 8 nitrogen and oxygen atoms in total. The topological polar surface area (TPSA) is 78.0 Å². The van der Waals surface area contributed by atoms with Gasteiger partial charge in [0.05, 0.1) is 49.1 Å². The summed E-state index contributed by atoms with van der Waals surface area (Å²) in [5, 5.41) is 11.7. The van der Waals surface area contributed by atoms with E-state index in [0.717, 1.165) is 71.3 Å². The molecule has 36 heavy (non-hydrogen) atoms. The summed E-state index contributed by atoms with van der Waals surface area (Å²) in [6.45, 7) is 11.8. The largest absolute Gasteiger partial charge is 0.495 e. The van der Waals surface area contributed by atoms with Crippen molar-refractivity contribution in [3.8, 4) is 5.75 Å². The maximum absolute atomic E-state index is 5.74. The highest BCUT2D eigenvalue weighted by molar-refractivity contribution is 6.11. The first-order valence-corrected chi connectivity index (χ1v) is 12.2. The van der Waals surface area contributed by atoms with E-state index in [1.54, 1.807) is 7.11 Å². The third-order valence-corrected chi connectivity index (χ3v) is 6.24. The molecule has 0 unspecified atom stereocenters. The number of morpholine rings is 1. The van der Waals surface area contributed by atoms with Gasteiger partial charge in [-0.3, -0.25) is 5.10 Å². The van der Waals surface area contributed by atoms with E-state index in [1.165, 1.54) is 0 Å². The molecule has 2 N–H and O–H groups in total. The van der Waals surface area contributed by atoms with E-state index in [9.17, 15) is 0 Å². The average molecular weight is 485 g/mol. The van der Waals surface area contributed by atoms with Crippen molar-refractivity contribution >= 4 is 33.8 Å². The van der Waals surface area contributed by atoms with Gasteiger partial charge in [-0.2, -0.15) is 5.10 Å². The Kier molecular flexibility index (Phi) is 6.77. The number of aromatic amines is 1. The number of nitrogens with zero attached hydrogens (tertiary/aromatic N) is 4. The summed E-state index contributed by atoms with van der Waals surface area (Å²) in [6.07, 6.45) is 8.00. The Morgan fingerprint density at radius 3 is 2.78 bits per heavy atom. The van der Waals surface area contributed by atoms with Gasteiger partial charge in [0.25, 0.3) is 0 Å². The quantitative estimate of drug-likeness (QED) is 0.500. The summed E-state index contributed by atoms with van der Waals surface area (Å²) in [7, 11) is 1.70. The van der Waals surface area contributed by atoms with E-state index in [1.807, 2.05) is 41.7 Å². The van der Waals surface area contributed by atoms with Crippen molar-refractivity contribution in [3.05, 3.63) is 78.9 Å². The van der Waals surface area contributed by atoms with Crippen LogP contribution in [0.15, 0.2) is 78.3 Å². The van der Waals surface area contributed by atoms with Crippen LogP contribution in [0.25, 0.3) is 16.6 Å². The minimum absolute atomic E-state index is 0.406. The zero-order chi connectivity index (χ0) is 25.1. The maximum atomic E-state index is 5.74. The molecule has 3 aromatic rings. The number of benzene rings is 2. The number of ether oxygens (including phenoxy) is 2. The Morgan fingerprint density at radius 2 is 2.00 bits per heavy atom. The number of hydrogen-bond acceptors (Lipinski definition) is 7. The Labute approximate surface area is 211 Å². The van der Waals surface area contributed by atoms with Crippen molar-refractivity contribution in [3.63, 3.8) is 0 Å². The molecule has 2 aromatic carbocycles. The Balaban J connectivity index is 1.47. The number of H-pyrrole nitrogens is 1. The first-order valence-electron chi connectivity index (χ1n) is 12.2. The van der Waals surface area contributed by atoms with E-state index in [-0.39, 0.29) is 0 Å². The number of nitrogens with one attached hydrogen (secondary N) is 2. The molecular formula is C28H32N6O2. The van der Waals surface area contributed by atoms with Crippen LogP contribution in [0.3, 0.4) is 0 Å².